The molecular formula is C27H30F2N8O2. The number of likely N-dealkylation sites (tertiary alicyclic amines) is 1. The number of fused-ring (bicyclic) bond motifs is 2. The standard InChI is InChI=1S/C27H30F2N8O2/c1-14(2)37-15(3)33-25-18(28)8-17(9-21(25)37)24-19(29)11-32-27(35-24)34-23-5-4-16(10-31-23)26(38)36-12-20-22(13-36)39-7-6-30-20/h4-5,8-11,14-15,20,22,30,33H,6-7,12-13H2,1-3H3,(H,31,32,34,35). The molecule has 2 fully saturated rings. The number of rotatable bonds is 5. The van der Waals surface area contributed by atoms with E-state index >= 15 is 4.39 Å². The van der Waals surface area contributed by atoms with Gasteiger partial charge in [0.15, 0.2) is 5.82 Å². The Morgan fingerprint density at radius 3 is 2.74 bits per heavy atom. The topological polar surface area (TPSA) is 108 Å². The molecule has 12 heteroatoms. The Kier molecular flexibility index (Phi) is 6.51. The van der Waals surface area contributed by atoms with Crippen LogP contribution in [-0.2, 0) is 4.74 Å². The molecule has 1 amide bonds. The summed E-state index contributed by atoms with van der Waals surface area (Å²) in [6.45, 7) is 8.53. The van der Waals surface area contributed by atoms with Crippen molar-refractivity contribution in [3.63, 3.8) is 0 Å². The summed E-state index contributed by atoms with van der Waals surface area (Å²) in [7, 11) is 0. The van der Waals surface area contributed by atoms with Crippen molar-refractivity contribution in [2.24, 2.45) is 0 Å². The van der Waals surface area contributed by atoms with Crippen LogP contribution in [0.3, 0.4) is 0 Å². The van der Waals surface area contributed by atoms with Crippen LogP contribution in [0.2, 0.25) is 0 Å². The number of pyridine rings is 1. The molecule has 3 aliphatic rings. The number of nitrogens with one attached hydrogen (secondary N) is 3. The fourth-order valence-electron chi connectivity index (χ4n) is 5.57. The maximum atomic E-state index is 15.0. The van der Waals surface area contributed by atoms with Crippen molar-refractivity contribution in [2.75, 3.05) is 41.8 Å². The number of hydrogen-bond donors (Lipinski definition) is 3. The van der Waals surface area contributed by atoms with Crippen molar-refractivity contribution < 1.29 is 18.3 Å². The number of morpholine rings is 1. The van der Waals surface area contributed by atoms with E-state index in [1.165, 1.54) is 12.3 Å². The molecule has 0 spiro atoms. The third-order valence-corrected chi connectivity index (χ3v) is 7.34. The van der Waals surface area contributed by atoms with Crippen LogP contribution in [0.15, 0.2) is 36.7 Å². The SMILES string of the molecule is CC(C)N1c2cc(-c3nc(Nc4ccc(C(=O)N5CC6NCCOC6C5)cn4)ncc3F)cc(F)c2NC1C. The zero-order valence-corrected chi connectivity index (χ0v) is 21.9. The van der Waals surface area contributed by atoms with Crippen molar-refractivity contribution in [3.8, 4) is 11.3 Å². The molecule has 3 aliphatic heterocycles. The fraction of sp³-hybridized carbons (Fsp3) is 0.407. The van der Waals surface area contributed by atoms with Crippen molar-refractivity contribution in [1.29, 1.82) is 0 Å². The molecule has 0 radical (unpaired) electrons. The minimum Gasteiger partial charge on any atom is -0.373 e. The summed E-state index contributed by atoms with van der Waals surface area (Å²) in [5.41, 5.74) is 1.76. The largest absolute Gasteiger partial charge is 0.373 e. The average molecular weight is 537 g/mol. The van der Waals surface area contributed by atoms with Gasteiger partial charge in [-0.1, -0.05) is 0 Å². The summed E-state index contributed by atoms with van der Waals surface area (Å²) < 4.78 is 35.6. The number of hydrogen-bond acceptors (Lipinski definition) is 9. The lowest BCUT2D eigenvalue weighted by atomic mass is 10.1. The predicted octanol–water partition coefficient (Wildman–Crippen LogP) is 3.36. The molecule has 39 heavy (non-hydrogen) atoms. The first kappa shape index (κ1) is 25.4. The van der Waals surface area contributed by atoms with E-state index in [9.17, 15) is 9.18 Å². The molecule has 10 nitrogen and oxygen atoms in total. The Hall–Kier alpha value is -3.90. The first-order chi connectivity index (χ1) is 18.8. The molecule has 5 heterocycles. The Balaban J connectivity index is 1.20. The van der Waals surface area contributed by atoms with Crippen LogP contribution in [0.4, 0.5) is 31.9 Å². The maximum Gasteiger partial charge on any atom is 0.255 e. The van der Waals surface area contributed by atoms with Gasteiger partial charge in [-0.25, -0.2) is 23.7 Å². The summed E-state index contributed by atoms with van der Waals surface area (Å²) in [5.74, 6) is -0.793. The number of anilines is 4. The number of nitrogens with zero attached hydrogens (tertiary/aromatic N) is 5. The van der Waals surface area contributed by atoms with E-state index in [0.29, 0.717) is 48.0 Å². The summed E-state index contributed by atoms with van der Waals surface area (Å²) in [6, 6.07) is 6.57. The van der Waals surface area contributed by atoms with E-state index in [1.807, 2.05) is 25.7 Å². The number of halogens is 2. The van der Waals surface area contributed by atoms with Gasteiger partial charge in [-0.15, -0.1) is 0 Å². The quantitative estimate of drug-likeness (QED) is 0.453. The highest BCUT2D eigenvalue weighted by Gasteiger charge is 2.38. The molecule has 3 atom stereocenters. The van der Waals surface area contributed by atoms with Crippen molar-refractivity contribution >= 4 is 29.0 Å². The average Bonchev–Trinajstić information content (AvgIpc) is 3.51. The molecule has 204 valence electrons. The van der Waals surface area contributed by atoms with Gasteiger partial charge in [0.1, 0.15) is 17.3 Å². The number of benzene rings is 1. The number of carbonyl (C=O) groups is 1. The van der Waals surface area contributed by atoms with Crippen LogP contribution in [0.1, 0.15) is 31.1 Å². The fourth-order valence-corrected chi connectivity index (χ4v) is 5.57. The van der Waals surface area contributed by atoms with Crippen molar-refractivity contribution in [3.05, 3.63) is 53.9 Å². The minimum absolute atomic E-state index is 0.00803. The van der Waals surface area contributed by atoms with E-state index < -0.39 is 11.6 Å². The van der Waals surface area contributed by atoms with Crippen LogP contribution in [-0.4, -0.2) is 76.4 Å². The van der Waals surface area contributed by atoms with Crippen LogP contribution in [0.25, 0.3) is 11.3 Å². The Morgan fingerprint density at radius 1 is 1.15 bits per heavy atom. The first-order valence-electron chi connectivity index (χ1n) is 13.1. The third-order valence-electron chi connectivity index (χ3n) is 7.34. The van der Waals surface area contributed by atoms with Crippen LogP contribution in [0.5, 0.6) is 0 Å². The van der Waals surface area contributed by atoms with Crippen LogP contribution in [0, 0.1) is 11.6 Å². The zero-order valence-electron chi connectivity index (χ0n) is 21.9. The van der Waals surface area contributed by atoms with Gasteiger partial charge in [0.2, 0.25) is 5.95 Å². The normalized spacial score (nSPS) is 22.1. The van der Waals surface area contributed by atoms with Gasteiger partial charge in [0.25, 0.3) is 5.91 Å². The molecule has 0 saturated carbocycles. The van der Waals surface area contributed by atoms with Gasteiger partial charge >= 0.3 is 0 Å². The van der Waals surface area contributed by atoms with Crippen molar-refractivity contribution in [1.82, 2.24) is 25.2 Å². The lowest BCUT2D eigenvalue weighted by Crippen LogP contribution is -2.47. The van der Waals surface area contributed by atoms with E-state index in [0.717, 1.165) is 12.7 Å². The number of amides is 1. The van der Waals surface area contributed by atoms with Gasteiger partial charge in [0.05, 0.1) is 48.1 Å². The molecule has 3 aromatic rings. The smallest absolute Gasteiger partial charge is 0.255 e. The molecular weight excluding hydrogens is 506 g/mol. The highest BCUT2D eigenvalue weighted by molar-refractivity contribution is 5.94. The van der Waals surface area contributed by atoms with E-state index in [4.69, 9.17) is 4.74 Å². The Morgan fingerprint density at radius 2 is 2.00 bits per heavy atom. The van der Waals surface area contributed by atoms with E-state index in [1.54, 1.807) is 23.1 Å². The van der Waals surface area contributed by atoms with Crippen molar-refractivity contribution in [2.45, 2.75) is 45.1 Å². The summed E-state index contributed by atoms with van der Waals surface area (Å²) in [6.07, 6.45) is 2.43. The third kappa shape index (κ3) is 4.74. The van der Waals surface area contributed by atoms with E-state index in [2.05, 4.69) is 30.9 Å². The van der Waals surface area contributed by atoms with Gasteiger partial charge in [-0.3, -0.25) is 4.79 Å². The monoisotopic (exact) mass is 536 g/mol. The second-order valence-corrected chi connectivity index (χ2v) is 10.3. The summed E-state index contributed by atoms with van der Waals surface area (Å²) in [4.78, 5) is 29.4. The predicted molar refractivity (Wildman–Crippen MR) is 143 cm³/mol. The number of ether oxygens (including phenoxy) is 1. The second-order valence-electron chi connectivity index (χ2n) is 10.3. The van der Waals surface area contributed by atoms with Crippen LogP contribution >= 0.6 is 0 Å². The maximum absolute atomic E-state index is 15.0. The highest BCUT2D eigenvalue weighted by atomic mass is 19.1. The van der Waals surface area contributed by atoms with Crippen LogP contribution < -0.4 is 20.9 Å². The van der Waals surface area contributed by atoms with Gasteiger partial charge < -0.3 is 30.5 Å². The second kappa shape index (κ2) is 10.0. The molecule has 1 aromatic carbocycles. The molecule has 2 aromatic heterocycles. The highest BCUT2D eigenvalue weighted by Crippen LogP contribution is 2.41. The molecule has 0 bridgehead atoms. The summed E-state index contributed by atoms with van der Waals surface area (Å²) in [5, 5.41) is 9.48. The number of aromatic nitrogens is 3. The van der Waals surface area contributed by atoms with Gasteiger partial charge in [-0.2, -0.15) is 0 Å². The van der Waals surface area contributed by atoms with E-state index in [-0.39, 0.29) is 41.9 Å². The molecule has 3 N–H and O–H groups in total. The zero-order chi connectivity index (χ0) is 27.3. The Bertz CT molecular complexity index is 1390. The van der Waals surface area contributed by atoms with Gasteiger partial charge in [-0.05, 0) is 45.0 Å². The minimum atomic E-state index is -0.673. The molecule has 0 aliphatic carbocycles. The molecule has 6 rings (SSSR count). The Labute approximate surface area is 224 Å². The summed E-state index contributed by atoms with van der Waals surface area (Å²) >= 11 is 0. The lowest BCUT2D eigenvalue weighted by Gasteiger charge is -2.28. The molecule has 3 unspecified atom stereocenters. The van der Waals surface area contributed by atoms with Gasteiger partial charge in [0, 0.05) is 37.4 Å². The number of carbonyl (C=O) groups excluding carboxylic acids is 1. The first-order valence-corrected chi connectivity index (χ1v) is 13.1. The lowest BCUT2D eigenvalue weighted by molar-refractivity contribution is 0.0176. The molecule has 2 saturated heterocycles.